The SMILES string of the molecule is COc1cc(-c2nccc(-c3cccc(NC(=O)c4ccc(CCC(C)C)cn4)c3C)c2Cl)ccc1CNCCCF. The zero-order chi connectivity index (χ0) is 30.1. The number of hydrogen-bond donors (Lipinski definition) is 2. The van der Waals surface area contributed by atoms with Crippen molar-refractivity contribution in [2.45, 2.75) is 46.6 Å². The molecule has 0 aliphatic carbocycles. The van der Waals surface area contributed by atoms with Gasteiger partial charge in [0, 0.05) is 41.3 Å². The summed E-state index contributed by atoms with van der Waals surface area (Å²) in [4.78, 5) is 22.0. The Labute approximate surface area is 252 Å². The summed E-state index contributed by atoms with van der Waals surface area (Å²) in [5.74, 6) is 1.05. The van der Waals surface area contributed by atoms with Crippen LogP contribution < -0.4 is 15.4 Å². The maximum atomic E-state index is 13.0. The Bertz CT molecular complexity index is 1510. The van der Waals surface area contributed by atoms with Gasteiger partial charge in [-0.2, -0.15) is 0 Å². The number of methoxy groups -OCH3 is 1. The number of carbonyl (C=O) groups excluding carboxylic acids is 1. The number of halogens is 2. The normalized spacial score (nSPS) is 11.1. The van der Waals surface area contributed by atoms with Gasteiger partial charge in [0.1, 0.15) is 11.4 Å². The number of nitrogens with one attached hydrogen (secondary N) is 2. The van der Waals surface area contributed by atoms with E-state index in [4.69, 9.17) is 16.3 Å². The minimum atomic E-state index is -0.345. The monoisotopic (exact) mass is 588 g/mol. The lowest BCUT2D eigenvalue weighted by atomic mass is 9.97. The standard InChI is InChI=1S/C34H38ClFN4O2/c1-22(2)9-10-24-11-14-30(39-20-24)34(41)40-29-8-5-7-27(23(29)3)28-15-18-38-33(32(28)35)25-12-13-26(31(19-25)42-4)21-37-17-6-16-36/h5,7-8,11-15,18-20,22,37H,6,9-10,16-17,21H2,1-4H3,(H,40,41). The molecule has 2 aromatic carbocycles. The summed E-state index contributed by atoms with van der Waals surface area (Å²) in [6, 6.07) is 17.2. The summed E-state index contributed by atoms with van der Waals surface area (Å²) < 4.78 is 18.0. The lowest BCUT2D eigenvalue weighted by molar-refractivity contribution is 0.102. The number of anilines is 1. The molecule has 0 radical (unpaired) electrons. The van der Waals surface area contributed by atoms with E-state index in [2.05, 4.69) is 34.4 Å². The topological polar surface area (TPSA) is 76.1 Å². The van der Waals surface area contributed by atoms with E-state index in [1.165, 1.54) is 0 Å². The molecule has 2 heterocycles. The minimum Gasteiger partial charge on any atom is -0.496 e. The summed E-state index contributed by atoms with van der Waals surface area (Å²) in [6.45, 7) is 7.16. The third-order valence-electron chi connectivity index (χ3n) is 7.19. The Morgan fingerprint density at radius 2 is 1.90 bits per heavy atom. The zero-order valence-electron chi connectivity index (χ0n) is 24.6. The predicted octanol–water partition coefficient (Wildman–Crippen LogP) is 8.07. The molecule has 1 amide bonds. The van der Waals surface area contributed by atoms with Gasteiger partial charge < -0.3 is 15.4 Å². The first kappa shape index (κ1) is 31.1. The van der Waals surface area contributed by atoms with Crippen molar-refractivity contribution in [1.82, 2.24) is 15.3 Å². The van der Waals surface area contributed by atoms with E-state index >= 15 is 0 Å². The Balaban J connectivity index is 1.56. The first-order valence-corrected chi connectivity index (χ1v) is 14.6. The second kappa shape index (κ2) is 14.9. The fourth-order valence-corrected chi connectivity index (χ4v) is 5.04. The molecule has 8 heteroatoms. The van der Waals surface area contributed by atoms with Crippen molar-refractivity contribution >= 4 is 23.2 Å². The molecule has 0 bridgehead atoms. The van der Waals surface area contributed by atoms with E-state index in [1.54, 1.807) is 25.6 Å². The summed E-state index contributed by atoms with van der Waals surface area (Å²) >= 11 is 6.97. The summed E-state index contributed by atoms with van der Waals surface area (Å²) in [5.41, 5.74) is 7.15. The van der Waals surface area contributed by atoms with Gasteiger partial charge in [0.15, 0.2) is 0 Å². The third kappa shape index (κ3) is 7.72. The van der Waals surface area contributed by atoms with Crippen LogP contribution in [-0.2, 0) is 13.0 Å². The average Bonchev–Trinajstić information content (AvgIpc) is 3.00. The van der Waals surface area contributed by atoms with E-state index in [0.29, 0.717) is 53.3 Å². The van der Waals surface area contributed by atoms with Crippen LogP contribution in [0.25, 0.3) is 22.4 Å². The first-order valence-electron chi connectivity index (χ1n) is 14.3. The number of aryl methyl sites for hydroxylation is 1. The highest BCUT2D eigenvalue weighted by atomic mass is 35.5. The highest BCUT2D eigenvalue weighted by Gasteiger charge is 2.17. The molecule has 0 saturated carbocycles. The van der Waals surface area contributed by atoms with Crippen LogP contribution in [0.3, 0.4) is 0 Å². The molecular weight excluding hydrogens is 551 g/mol. The van der Waals surface area contributed by atoms with Gasteiger partial charge in [-0.1, -0.05) is 55.8 Å². The van der Waals surface area contributed by atoms with Gasteiger partial charge in [-0.25, -0.2) is 0 Å². The molecule has 0 spiro atoms. The minimum absolute atomic E-state index is 0.265. The van der Waals surface area contributed by atoms with Crippen molar-refractivity contribution in [2.24, 2.45) is 5.92 Å². The number of nitrogens with zero attached hydrogens (tertiary/aromatic N) is 2. The molecule has 0 aliphatic heterocycles. The Kier molecular flexibility index (Phi) is 11.0. The van der Waals surface area contributed by atoms with Gasteiger partial charge in [0.2, 0.25) is 0 Å². The fourth-order valence-electron chi connectivity index (χ4n) is 4.72. The molecule has 2 N–H and O–H groups in total. The van der Waals surface area contributed by atoms with E-state index in [9.17, 15) is 9.18 Å². The number of hydrogen-bond acceptors (Lipinski definition) is 5. The highest BCUT2D eigenvalue weighted by Crippen LogP contribution is 2.39. The largest absolute Gasteiger partial charge is 0.496 e. The van der Waals surface area contributed by atoms with Crippen molar-refractivity contribution in [3.63, 3.8) is 0 Å². The molecule has 4 aromatic rings. The lowest BCUT2D eigenvalue weighted by Crippen LogP contribution is -2.15. The average molecular weight is 589 g/mol. The van der Waals surface area contributed by atoms with Crippen molar-refractivity contribution in [3.05, 3.63) is 94.4 Å². The fraction of sp³-hybridized carbons (Fsp3) is 0.324. The molecule has 0 fully saturated rings. The summed E-state index contributed by atoms with van der Waals surface area (Å²) in [7, 11) is 1.62. The van der Waals surface area contributed by atoms with Crippen LogP contribution in [0.15, 0.2) is 67.0 Å². The Morgan fingerprint density at radius 3 is 2.62 bits per heavy atom. The number of rotatable bonds is 13. The number of aromatic nitrogens is 2. The zero-order valence-corrected chi connectivity index (χ0v) is 25.4. The molecule has 0 aliphatic rings. The van der Waals surface area contributed by atoms with Crippen molar-refractivity contribution in [3.8, 4) is 28.1 Å². The van der Waals surface area contributed by atoms with Gasteiger partial charge in [0.05, 0.1) is 24.5 Å². The van der Waals surface area contributed by atoms with E-state index in [-0.39, 0.29) is 12.6 Å². The number of carbonyl (C=O) groups is 1. The van der Waals surface area contributed by atoms with Crippen LogP contribution in [0.4, 0.5) is 10.1 Å². The maximum absolute atomic E-state index is 13.0. The molecule has 6 nitrogen and oxygen atoms in total. The summed E-state index contributed by atoms with van der Waals surface area (Å²) in [6.07, 6.45) is 6.00. The van der Waals surface area contributed by atoms with Gasteiger partial charge in [0.25, 0.3) is 5.91 Å². The second-order valence-electron chi connectivity index (χ2n) is 10.7. The number of amides is 1. The van der Waals surface area contributed by atoms with Crippen molar-refractivity contribution < 1.29 is 13.9 Å². The number of alkyl halides is 1. The number of benzene rings is 2. The van der Waals surface area contributed by atoms with Crippen LogP contribution in [0.1, 0.15) is 53.9 Å². The van der Waals surface area contributed by atoms with Crippen LogP contribution in [0.2, 0.25) is 5.02 Å². The molecule has 0 saturated heterocycles. The second-order valence-corrected chi connectivity index (χ2v) is 11.1. The smallest absolute Gasteiger partial charge is 0.274 e. The highest BCUT2D eigenvalue weighted by molar-refractivity contribution is 6.35. The van der Waals surface area contributed by atoms with Crippen LogP contribution in [-0.4, -0.2) is 36.2 Å². The molecule has 4 rings (SSSR count). The van der Waals surface area contributed by atoms with Crippen LogP contribution in [0, 0.1) is 12.8 Å². The predicted molar refractivity (Wildman–Crippen MR) is 169 cm³/mol. The molecule has 0 unspecified atom stereocenters. The van der Waals surface area contributed by atoms with Crippen LogP contribution in [0.5, 0.6) is 5.75 Å². The first-order chi connectivity index (χ1) is 20.3. The number of pyridine rings is 2. The Hall–Kier alpha value is -3.81. The maximum Gasteiger partial charge on any atom is 0.274 e. The van der Waals surface area contributed by atoms with Crippen molar-refractivity contribution in [1.29, 1.82) is 0 Å². The Morgan fingerprint density at radius 1 is 1.07 bits per heavy atom. The lowest BCUT2D eigenvalue weighted by Gasteiger charge is -2.16. The van der Waals surface area contributed by atoms with Gasteiger partial charge in [-0.3, -0.25) is 19.2 Å². The van der Waals surface area contributed by atoms with Gasteiger partial charge in [-0.05, 0) is 79.6 Å². The van der Waals surface area contributed by atoms with Gasteiger partial charge >= 0.3 is 0 Å². The molecule has 220 valence electrons. The van der Waals surface area contributed by atoms with Gasteiger partial charge in [-0.15, -0.1) is 0 Å². The van der Waals surface area contributed by atoms with Crippen LogP contribution >= 0.6 is 11.6 Å². The molecule has 0 atom stereocenters. The molecule has 2 aromatic heterocycles. The van der Waals surface area contributed by atoms with Crippen molar-refractivity contribution in [2.75, 3.05) is 25.6 Å². The quantitative estimate of drug-likeness (QED) is 0.154. The van der Waals surface area contributed by atoms with E-state index < -0.39 is 0 Å². The number of ether oxygens (including phenoxy) is 1. The molecular formula is C34H38ClFN4O2. The van der Waals surface area contributed by atoms with E-state index in [0.717, 1.165) is 46.2 Å². The van der Waals surface area contributed by atoms with E-state index in [1.807, 2.05) is 55.5 Å². The molecule has 42 heavy (non-hydrogen) atoms. The summed E-state index contributed by atoms with van der Waals surface area (Å²) in [5, 5.41) is 6.74. The third-order valence-corrected chi connectivity index (χ3v) is 7.57.